The third kappa shape index (κ3) is 5.10. The van der Waals surface area contributed by atoms with E-state index in [0.717, 1.165) is 53.7 Å². The standard InChI is InChI=1S/C27H31N3O5S/c1-34-24-6-3-5-23-21(19-35-26(23)24)9-15-30-16-11-27(31,12-17-30)10-14-29-36(32,33)25-7-2-4-20-18-28-13-8-22(20)25/h2-8,13,18-19,29,31H,9-12,14-17H2,1H3. The molecule has 2 aromatic carbocycles. The van der Waals surface area contributed by atoms with Crippen LogP contribution in [0.15, 0.2) is 70.4 Å². The Bertz CT molecular complexity index is 1450. The highest BCUT2D eigenvalue weighted by Gasteiger charge is 2.32. The largest absolute Gasteiger partial charge is 0.493 e. The number of nitrogens with zero attached hydrogens (tertiary/aromatic N) is 2. The summed E-state index contributed by atoms with van der Waals surface area (Å²) in [5, 5.41) is 13.6. The van der Waals surface area contributed by atoms with Crippen molar-refractivity contribution < 1.29 is 22.7 Å². The summed E-state index contributed by atoms with van der Waals surface area (Å²) < 4.78 is 39.7. The third-order valence-corrected chi connectivity index (χ3v) is 8.68. The number of piperidine rings is 1. The number of pyridine rings is 1. The van der Waals surface area contributed by atoms with Crippen LogP contribution in [-0.2, 0) is 16.4 Å². The van der Waals surface area contributed by atoms with Crippen molar-refractivity contribution >= 4 is 31.8 Å². The molecule has 9 heteroatoms. The summed E-state index contributed by atoms with van der Waals surface area (Å²) in [7, 11) is -2.06. The van der Waals surface area contributed by atoms with Crippen LogP contribution in [-0.4, -0.2) is 62.3 Å². The number of likely N-dealkylation sites (tertiary alicyclic amines) is 1. The summed E-state index contributed by atoms with van der Waals surface area (Å²) >= 11 is 0. The molecule has 0 spiro atoms. The maximum absolute atomic E-state index is 12.9. The summed E-state index contributed by atoms with van der Waals surface area (Å²) in [6, 6.07) is 12.7. The fourth-order valence-corrected chi connectivity index (χ4v) is 6.24. The molecule has 0 atom stereocenters. The molecule has 5 rings (SSSR count). The molecule has 2 N–H and O–H groups in total. The lowest BCUT2D eigenvalue weighted by Gasteiger charge is -2.38. The molecule has 4 aromatic rings. The Balaban J connectivity index is 1.13. The van der Waals surface area contributed by atoms with Gasteiger partial charge in [0.1, 0.15) is 0 Å². The summed E-state index contributed by atoms with van der Waals surface area (Å²) in [4.78, 5) is 6.63. The first-order valence-electron chi connectivity index (χ1n) is 12.2. The molecule has 0 amide bonds. The van der Waals surface area contributed by atoms with E-state index in [4.69, 9.17) is 9.15 Å². The van der Waals surface area contributed by atoms with Gasteiger partial charge in [-0.1, -0.05) is 24.3 Å². The minimum absolute atomic E-state index is 0.184. The number of nitrogens with one attached hydrogen (secondary N) is 1. The Morgan fingerprint density at radius 2 is 1.94 bits per heavy atom. The number of hydrogen-bond donors (Lipinski definition) is 2. The number of methoxy groups -OCH3 is 1. The summed E-state index contributed by atoms with van der Waals surface area (Å²) in [6.07, 6.45) is 7.47. The third-order valence-electron chi connectivity index (χ3n) is 7.16. The molecule has 190 valence electrons. The number of para-hydroxylation sites is 1. The SMILES string of the molecule is COc1cccc2c(CCN3CCC(O)(CCNS(=O)(=O)c4cccc5cnccc45)CC3)coc12. The zero-order chi connectivity index (χ0) is 25.2. The van der Waals surface area contributed by atoms with Crippen LogP contribution < -0.4 is 9.46 Å². The first kappa shape index (κ1) is 24.7. The van der Waals surface area contributed by atoms with Gasteiger partial charge in [0, 0.05) is 54.7 Å². The number of rotatable bonds is 9. The minimum Gasteiger partial charge on any atom is -0.493 e. The molecular formula is C27H31N3O5S. The van der Waals surface area contributed by atoms with E-state index in [1.807, 2.05) is 24.3 Å². The molecule has 8 nitrogen and oxygen atoms in total. The molecule has 0 aliphatic carbocycles. The maximum atomic E-state index is 12.9. The Hall–Kier alpha value is -2.98. The second-order valence-electron chi connectivity index (χ2n) is 9.41. The Kier molecular flexibility index (Phi) is 6.98. The quantitative estimate of drug-likeness (QED) is 0.354. The Morgan fingerprint density at radius 1 is 1.14 bits per heavy atom. The van der Waals surface area contributed by atoms with Crippen molar-refractivity contribution in [1.29, 1.82) is 0 Å². The average Bonchev–Trinajstić information content (AvgIpc) is 3.31. The molecule has 2 aromatic heterocycles. The number of benzene rings is 2. The van der Waals surface area contributed by atoms with Gasteiger partial charge < -0.3 is 19.2 Å². The van der Waals surface area contributed by atoms with Crippen LogP contribution in [0.4, 0.5) is 0 Å². The van der Waals surface area contributed by atoms with Gasteiger partial charge in [0.05, 0.1) is 23.9 Å². The lowest BCUT2D eigenvalue weighted by Crippen LogP contribution is -2.46. The van der Waals surface area contributed by atoms with Crippen LogP contribution in [0.25, 0.3) is 21.7 Å². The zero-order valence-electron chi connectivity index (χ0n) is 20.3. The van der Waals surface area contributed by atoms with Gasteiger partial charge in [0.2, 0.25) is 10.0 Å². The van der Waals surface area contributed by atoms with Crippen LogP contribution in [0.1, 0.15) is 24.8 Å². The highest BCUT2D eigenvalue weighted by Crippen LogP contribution is 2.31. The maximum Gasteiger partial charge on any atom is 0.241 e. The van der Waals surface area contributed by atoms with E-state index in [9.17, 15) is 13.5 Å². The van der Waals surface area contributed by atoms with Crippen molar-refractivity contribution in [2.45, 2.75) is 36.2 Å². The molecule has 1 aliphatic heterocycles. The van der Waals surface area contributed by atoms with Gasteiger partial charge >= 0.3 is 0 Å². The van der Waals surface area contributed by atoms with Crippen LogP contribution >= 0.6 is 0 Å². The van der Waals surface area contributed by atoms with Crippen LogP contribution in [0.3, 0.4) is 0 Å². The average molecular weight is 510 g/mol. The highest BCUT2D eigenvalue weighted by atomic mass is 32.2. The molecular weight excluding hydrogens is 478 g/mol. The number of ether oxygens (including phenoxy) is 1. The topological polar surface area (TPSA) is 105 Å². The fourth-order valence-electron chi connectivity index (χ4n) is 4.98. The molecule has 0 bridgehead atoms. The van der Waals surface area contributed by atoms with Gasteiger partial charge in [0.15, 0.2) is 11.3 Å². The zero-order valence-corrected chi connectivity index (χ0v) is 21.1. The van der Waals surface area contributed by atoms with Gasteiger partial charge in [-0.2, -0.15) is 0 Å². The lowest BCUT2D eigenvalue weighted by atomic mass is 9.88. The van der Waals surface area contributed by atoms with E-state index in [0.29, 0.717) is 24.6 Å². The van der Waals surface area contributed by atoms with Gasteiger partial charge in [-0.15, -0.1) is 0 Å². The number of fused-ring (bicyclic) bond motifs is 2. The first-order valence-corrected chi connectivity index (χ1v) is 13.7. The van der Waals surface area contributed by atoms with Crippen molar-refractivity contribution in [3.8, 4) is 5.75 Å². The Labute approximate surface area is 210 Å². The molecule has 36 heavy (non-hydrogen) atoms. The van der Waals surface area contributed by atoms with Crippen molar-refractivity contribution in [2.75, 3.05) is 33.3 Å². The predicted octanol–water partition coefficient (Wildman–Crippen LogP) is 3.73. The van der Waals surface area contributed by atoms with Crippen molar-refractivity contribution in [2.24, 2.45) is 0 Å². The molecule has 3 heterocycles. The summed E-state index contributed by atoms with van der Waals surface area (Å²) in [5.41, 5.74) is 1.03. The predicted molar refractivity (Wildman–Crippen MR) is 139 cm³/mol. The summed E-state index contributed by atoms with van der Waals surface area (Å²) in [6.45, 7) is 2.57. The fraction of sp³-hybridized carbons (Fsp3) is 0.370. The monoisotopic (exact) mass is 509 g/mol. The van der Waals surface area contributed by atoms with E-state index < -0.39 is 15.6 Å². The molecule has 1 aliphatic rings. The molecule has 0 saturated carbocycles. The molecule has 1 saturated heterocycles. The highest BCUT2D eigenvalue weighted by molar-refractivity contribution is 7.89. The van der Waals surface area contributed by atoms with E-state index in [1.165, 1.54) is 0 Å². The second kappa shape index (κ2) is 10.2. The minimum atomic E-state index is -3.70. The lowest BCUT2D eigenvalue weighted by molar-refractivity contribution is -0.0258. The normalized spacial score (nSPS) is 16.5. The van der Waals surface area contributed by atoms with Crippen LogP contribution in [0.2, 0.25) is 0 Å². The first-order chi connectivity index (χ1) is 17.4. The molecule has 0 unspecified atom stereocenters. The number of aliphatic hydroxyl groups is 1. The van der Waals surface area contributed by atoms with E-state index in [-0.39, 0.29) is 11.4 Å². The van der Waals surface area contributed by atoms with Gasteiger partial charge in [0.25, 0.3) is 0 Å². The summed E-state index contributed by atoms with van der Waals surface area (Å²) in [5.74, 6) is 0.731. The van der Waals surface area contributed by atoms with Crippen molar-refractivity contribution in [1.82, 2.24) is 14.6 Å². The van der Waals surface area contributed by atoms with Gasteiger partial charge in [-0.3, -0.25) is 4.98 Å². The van der Waals surface area contributed by atoms with Gasteiger partial charge in [-0.25, -0.2) is 13.1 Å². The number of furan rings is 1. The van der Waals surface area contributed by atoms with E-state index in [1.54, 1.807) is 44.0 Å². The Morgan fingerprint density at radius 3 is 2.75 bits per heavy atom. The number of sulfonamides is 1. The molecule has 0 radical (unpaired) electrons. The molecule has 1 fully saturated rings. The second-order valence-corrected chi connectivity index (χ2v) is 11.1. The van der Waals surface area contributed by atoms with E-state index in [2.05, 4.69) is 14.6 Å². The van der Waals surface area contributed by atoms with Crippen LogP contribution in [0.5, 0.6) is 5.75 Å². The van der Waals surface area contributed by atoms with Crippen LogP contribution in [0, 0.1) is 0 Å². The van der Waals surface area contributed by atoms with Crippen molar-refractivity contribution in [3.63, 3.8) is 0 Å². The smallest absolute Gasteiger partial charge is 0.241 e. The number of hydrogen-bond acceptors (Lipinski definition) is 7. The van der Waals surface area contributed by atoms with Gasteiger partial charge in [-0.05, 0) is 49.4 Å². The van der Waals surface area contributed by atoms with E-state index >= 15 is 0 Å². The number of aromatic nitrogens is 1. The van der Waals surface area contributed by atoms with Crippen molar-refractivity contribution in [3.05, 3.63) is 66.7 Å².